The van der Waals surface area contributed by atoms with E-state index in [1.165, 1.54) is 0 Å². The van der Waals surface area contributed by atoms with E-state index in [0.29, 0.717) is 39.2 Å². The minimum atomic E-state index is 0.351. The van der Waals surface area contributed by atoms with Gasteiger partial charge in [0.25, 0.3) is 0 Å². The molecule has 2 aromatic carbocycles. The Kier molecular flexibility index (Phi) is 5.77. The van der Waals surface area contributed by atoms with Gasteiger partial charge in [-0.05, 0) is 24.3 Å². The lowest BCUT2D eigenvalue weighted by molar-refractivity contribution is 0.470. The van der Waals surface area contributed by atoms with Crippen molar-refractivity contribution in [3.8, 4) is 11.5 Å². The predicted molar refractivity (Wildman–Crippen MR) is 90.0 cm³/mol. The molecule has 0 amide bonds. The summed E-state index contributed by atoms with van der Waals surface area (Å²) in [4.78, 5) is 0. The van der Waals surface area contributed by atoms with Crippen LogP contribution < -0.4 is 10.1 Å². The second kappa shape index (κ2) is 7.37. The van der Waals surface area contributed by atoms with Crippen LogP contribution in [0, 0.1) is 0 Å². The number of rotatable bonds is 5. The molecule has 2 aromatic rings. The average Bonchev–Trinajstić information content (AvgIpc) is 2.42. The van der Waals surface area contributed by atoms with Crippen molar-refractivity contribution in [3.63, 3.8) is 0 Å². The molecule has 21 heavy (non-hydrogen) atoms. The van der Waals surface area contributed by atoms with E-state index in [1.54, 1.807) is 18.2 Å². The highest BCUT2D eigenvalue weighted by Gasteiger charge is 2.11. The van der Waals surface area contributed by atoms with Crippen molar-refractivity contribution >= 4 is 34.8 Å². The molecule has 1 N–H and O–H groups in total. The van der Waals surface area contributed by atoms with Gasteiger partial charge in [-0.3, -0.25) is 0 Å². The van der Waals surface area contributed by atoms with Crippen molar-refractivity contribution in [3.05, 3.63) is 57.0 Å². The quantitative estimate of drug-likeness (QED) is 0.725. The maximum absolute atomic E-state index is 6.27. The molecular weight excluding hydrogens is 329 g/mol. The Morgan fingerprint density at radius 2 is 1.76 bits per heavy atom. The molecule has 112 valence electrons. The van der Waals surface area contributed by atoms with E-state index < -0.39 is 0 Å². The van der Waals surface area contributed by atoms with Gasteiger partial charge in [-0.25, -0.2) is 0 Å². The van der Waals surface area contributed by atoms with E-state index >= 15 is 0 Å². The van der Waals surface area contributed by atoms with E-state index in [9.17, 15) is 0 Å². The van der Waals surface area contributed by atoms with Crippen LogP contribution in [-0.4, -0.2) is 6.04 Å². The first kappa shape index (κ1) is 16.4. The predicted octanol–water partition coefficient (Wildman–Crippen LogP) is 5.94. The van der Waals surface area contributed by atoms with Crippen LogP contribution >= 0.6 is 34.8 Å². The number of halogens is 3. The first-order valence-electron chi connectivity index (χ1n) is 6.61. The first-order chi connectivity index (χ1) is 9.97. The molecular formula is C16H16Cl3NO. The van der Waals surface area contributed by atoms with E-state index in [-0.39, 0.29) is 0 Å². The molecule has 0 aromatic heterocycles. The van der Waals surface area contributed by atoms with Gasteiger partial charge in [0, 0.05) is 34.3 Å². The van der Waals surface area contributed by atoms with E-state index in [0.717, 1.165) is 5.56 Å². The van der Waals surface area contributed by atoms with Crippen LogP contribution in [0.4, 0.5) is 0 Å². The molecule has 5 heteroatoms. The van der Waals surface area contributed by atoms with E-state index in [4.69, 9.17) is 39.5 Å². The van der Waals surface area contributed by atoms with Crippen LogP contribution in [0.3, 0.4) is 0 Å². The summed E-state index contributed by atoms with van der Waals surface area (Å²) in [7, 11) is 0. The molecule has 0 saturated heterocycles. The number of benzene rings is 2. The molecule has 0 bridgehead atoms. The largest absolute Gasteiger partial charge is 0.455 e. The Morgan fingerprint density at radius 1 is 1.00 bits per heavy atom. The molecule has 0 aliphatic rings. The Hall–Kier alpha value is -0.930. The first-order valence-corrected chi connectivity index (χ1v) is 7.74. The van der Waals surface area contributed by atoms with Gasteiger partial charge in [0.15, 0.2) is 0 Å². The Balaban J connectivity index is 2.31. The highest BCUT2D eigenvalue weighted by atomic mass is 35.5. The van der Waals surface area contributed by atoms with Gasteiger partial charge in [-0.1, -0.05) is 54.7 Å². The molecule has 0 atom stereocenters. The Labute approximate surface area is 140 Å². The number of nitrogens with one attached hydrogen (secondary N) is 1. The fourth-order valence-electron chi connectivity index (χ4n) is 1.79. The fourth-order valence-corrected chi connectivity index (χ4v) is 2.34. The van der Waals surface area contributed by atoms with Gasteiger partial charge in [0.1, 0.15) is 11.5 Å². The molecule has 0 saturated carbocycles. The monoisotopic (exact) mass is 343 g/mol. The Morgan fingerprint density at radius 3 is 2.48 bits per heavy atom. The third-order valence-electron chi connectivity index (χ3n) is 2.88. The van der Waals surface area contributed by atoms with Crippen molar-refractivity contribution in [2.75, 3.05) is 0 Å². The third kappa shape index (κ3) is 4.52. The van der Waals surface area contributed by atoms with Crippen LogP contribution in [0.5, 0.6) is 11.5 Å². The van der Waals surface area contributed by atoms with Crippen molar-refractivity contribution < 1.29 is 4.74 Å². The summed E-state index contributed by atoms with van der Waals surface area (Å²) in [6.07, 6.45) is 0. The summed E-state index contributed by atoms with van der Waals surface area (Å²) in [5.74, 6) is 1.18. The molecule has 0 aliphatic carbocycles. The van der Waals surface area contributed by atoms with Crippen LogP contribution in [0.2, 0.25) is 15.1 Å². The zero-order valence-electron chi connectivity index (χ0n) is 11.8. The van der Waals surface area contributed by atoms with Gasteiger partial charge >= 0.3 is 0 Å². The summed E-state index contributed by atoms with van der Waals surface area (Å²) in [5, 5.41) is 5.05. The molecule has 0 fully saturated rings. The van der Waals surface area contributed by atoms with Gasteiger partial charge < -0.3 is 10.1 Å². The lowest BCUT2D eigenvalue weighted by Crippen LogP contribution is -2.22. The fraction of sp³-hybridized carbons (Fsp3) is 0.250. The van der Waals surface area contributed by atoms with Crippen molar-refractivity contribution in [2.24, 2.45) is 0 Å². The van der Waals surface area contributed by atoms with Crippen LogP contribution in [0.1, 0.15) is 19.4 Å². The van der Waals surface area contributed by atoms with E-state index in [2.05, 4.69) is 19.2 Å². The summed E-state index contributed by atoms with van der Waals surface area (Å²) < 4.78 is 5.89. The van der Waals surface area contributed by atoms with Crippen molar-refractivity contribution in [1.29, 1.82) is 0 Å². The second-order valence-electron chi connectivity index (χ2n) is 4.93. The lowest BCUT2D eigenvalue weighted by atomic mass is 10.2. The van der Waals surface area contributed by atoms with Crippen LogP contribution in [0.25, 0.3) is 0 Å². The summed E-state index contributed by atoms with van der Waals surface area (Å²) in [5.41, 5.74) is 0.893. The number of hydrogen-bond donors (Lipinski definition) is 1. The van der Waals surface area contributed by atoms with Gasteiger partial charge in [0.2, 0.25) is 0 Å². The highest BCUT2D eigenvalue weighted by molar-refractivity contribution is 6.34. The van der Waals surface area contributed by atoms with Crippen molar-refractivity contribution in [1.82, 2.24) is 5.32 Å². The maximum Gasteiger partial charge on any atom is 0.147 e. The molecule has 0 radical (unpaired) electrons. The zero-order chi connectivity index (χ0) is 15.4. The molecule has 0 heterocycles. The van der Waals surface area contributed by atoms with Gasteiger partial charge in [-0.15, -0.1) is 0 Å². The number of hydrogen-bond acceptors (Lipinski definition) is 2. The smallest absolute Gasteiger partial charge is 0.147 e. The summed E-state index contributed by atoms with van der Waals surface area (Å²) >= 11 is 18.4. The van der Waals surface area contributed by atoms with Crippen LogP contribution in [-0.2, 0) is 6.54 Å². The molecule has 0 spiro atoms. The number of ether oxygens (including phenoxy) is 1. The summed E-state index contributed by atoms with van der Waals surface area (Å²) in [6.45, 7) is 4.77. The minimum absolute atomic E-state index is 0.351. The minimum Gasteiger partial charge on any atom is -0.455 e. The Bertz CT molecular complexity index is 629. The topological polar surface area (TPSA) is 21.3 Å². The van der Waals surface area contributed by atoms with Gasteiger partial charge in [-0.2, -0.15) is 0 Å². The molecule has 2 rings (SSSR count). The summed E-state index contributed by atoms with van der Waals surface area (Å²) in [6, 6.07) is 11.0. The van der Waals surface area contributed by atoms with Gasteiger partial charge in [0.05, 0.1) is 5.02 Å². The highest BCUT2D eigenvalue weighted by Crippen LogP contribution is 2.35. The third-order valence-corrected chi connectivity index (χ3v) is 3.78. The SMILES string of the molecule is CC(C)NCc1c(Cl)cccc1Oc1cc(Cl)ccc1Cl. The standard InChI is InChI=1S/C16H16Cl3NO/c1-10(2)20-9-12-13(18)4-3-5-15(12)21-16-8-11(17)6-7-14(16)19/h3-8,10,20H,9H2,1-2H3. The average molecular weight is 345 g/mol. The second-order valence-corrected chi connectivity index (χ2v) is 6.18. The molecule has 0 aliphatic heterocycles. The molecule has 2 nitrogen and oxygen atoms in total. The van der Waals surface area contributed by atoms with E-state index in [1.807, 2.05) is 18.2 Å². The maximum atomic E-state index is 6.27. The molecule has 0 unspecified atom stereocenters. The zero-order valence-corrected chi connectivity index (χ0v) is 14.1. The normalized spacial score (nSPS) is 11.0. The van der Waals surface area contributed by atoms with Crippen LogP contribution in [0.15, 0.2) is 36.4 Å². The van der Waals surface area contributed by atoms with Crippen molar-refractivity contribution in [2.45, 2.75) is 26.4 Å². The lowest BCUT2D eigenvalue weighted by Gasteiger charge is -2.15.